The fraction of sp³-hybridized carbons (Fsp3) is 0.357. The first kappa shape index (κ1) is 15.3. The van der Waals surface area contributed by atoms with Gasteiger partial charge in [-0.05, 0) is 18.1 Å². The zero-order chi connectivity index (χ0) is 13.5. The van der Waals surface area contributed by atoms with E-state index < -0.39 is 0 Å². The van der Waals surface area contributed by atoms with Crippen molar-refractivity contribution in [2.45, 2.75) is 23.6 Å². The topological polar surface area (TPSA) is 29.1 Å². The maximum Gasteiger partial charge on any atom is 0.238 e. The zero-order valence-corrected chi connectivity index (χ0v) is 13.1. The number of halogens is 1. The monoisotopic (exact) mass is 327 g/mol. The van der Waals surface area contributed by atoms with Gasteiger partial charge in [0, 0.05) is 10.6 Å². The Labute approximate surface area is 121 Å². The number of para-hydroxylation sites is 1. The van der Waals surface area contributed by atoms with Crippen molar-refractivity contribution in [1.82, 2.24) is 0 Å². The average molecular weight is 328 g/mol. The van der Waals surface area contributed by atoms with Crippen molar-refractivity contribution in [1.29, 1.82) is 0 Å². The van der Waals surface area contributed by atoms with E-state index in [2.05, 4.69) is 27.8 Å². The number of hydrogen-bond donors (Lipinski definition) is 1. The molecule has 0 aromatic heterocycles. The number of benzene rings is 1. The fourth-order valence-corrected chi connectivity index (χ4v) is 2.21. The molecule has 0 bridgehead atoms. The Kier molecular flexibility index (Phi) is 6.50. The molecule has 0 aliphatic heterocycles. The lowest BCUT2D eigenvalue weighted by atomic mass is 10.1. The van der Waals surface area contributed by atoms with E-state index in [4.69, 9.17) is 0 Å². The number of amides is 1. The Morgan fingerprint density at radius 1 is 1.50 bits per heavy atom. The summed E-state index contributed by atoms with van der Waals surface area (Å²) >= 11 is 5.07. The van der Waals surface area contributed by atoms with Crippen molar-refractivity contribution in [2.24, 2.45) is 5.92 Å². The van der Waals surface area contributed by atoms with Crippen LogP contribution in [-0.4, -0.2) is 16.5 Å². The highest BCUT2D eigenvalue weighted by Crippen LogP contribution is 2.27. The van der Waals surface area contributed by atoms with Crippen LogP contribution < -0.4 is 5.32 Å². The van der Waals surface area contributed by atoms with Crippen LogP contribution in [0.2, 0.25) is 0 Å². The molecule has 1 unspecified atom stereocenters. The first-order valence-electron chi connectivity index (χ1n) is 5.84. The summed E-state index contributed by atoms with van der Waals surface area (Å²) in [7, 11) is 0. The van der Waals surface area contributed by atoms with Crippen LogP contribution in [0.5, 0.6) is 0 Å². The van der Waals surface area contributed by atoms with Crippen molar-refractivity contribution < 1.29 is 4.79 Å². The molecule has 0 heterocycles. The van der Waals surface area contributed by atoms with Crippen molar-refractivity contribution >= 4 is 39.3 Å². The van der Waals surface area contributed by atoms with Crippen LogP contribution in [0, 0.1) is 5.92 Å². The third-order valence-corrected chi connectivity index (χ3v) is 4.88. The molecule has 0 radical (unpaired) electrons. The third-order valence-electron chi connectivity index (χ3n) is 2.34. The minimum Gasteiger partial charge on any atom is -0.324 e. The van der Waals surface area contributed by atoms with Crippen molar-refractivity contribution in [3.05, 3.63) is 36.9 Å². The Morgan fingerprint density at radius 3 is 2.78 bits per heavy atom. The molecule has 0 aliphatic rings. The molecule has 0 saturated heterocycles. The number of carbonyl (C=O) groups excluding carboxylic acids is 1. The highest BCUT2D eigenvalue weighted by Gasteiger charge is 2.19. The van der Waals surface area contributed by atoms with Gasteiger partial charge in [0.15, 0.2) is 0 Å². The summed E-state index contributed by atoms with van der Waals surface area (Å²) < 4.78 is 0. The summed E-state index contributed by atoms with van der Waals surface area (Å²) in [6, 6.07) is 7.81. The molecular formula is C14H18BrNOS. The molecule has 1 N–H and O–H groups in total. The first-order chi connectivity index (χ1) is 8.56. The molecule has 0 fully saturated rings. The summed E-state index contributed by atoms with van der Waals surface area (Å²) in [6.45, 7) is 7.72. The van der Waals surface area contributed by atoms with Gasteiger partial charge in [0.25, 0.3) is 0 Å². The number of alkyl halides is 1. The molecule has 1 atom stereocenters. The SMILES string of the molecule is C=CCSc1ccccc1NC(=O)C(Br)C(C)C. The third kappa shape index (κ3) is 4.50. The molecular weight excluding hydrogens is 310 g/mol. The van der Waals surface area contributed by atoms with Crippen LogP contribution in [0.15, 0.2) is 41.8 Å². The lowest BCUT2D eigenvalue weighted by Crippen LogP contribution is -2.27. The van der Waals surface area contributed by atoms with Gasteiger partial charge < -0.3 is 5.32 Å². The second kappa shape index (κ2) is 7.64. The van der Waals surface area contributed by atoms with Gasteiger partial charge in [-0.25, -0.2) is 0 Å². The van der Waals surface area contributed by atoms with E-state index in [1.165, 1.54) is 0 Å². The summed E-state index contributed by atoms with van der Waals surface area (Å²) in [5, 5.41) is 2.96. The number of rotatable bonds is 6. The number of carbonyl (C=O) groups is 1. The fourth-order valence-electron chi connectivity index (χ4n) is 1.35. The highest BCUT2D eigenvalue weighted by molar-refractivity contribution is 9.10. The van der Waals surface area contributed by atoms with Gasteiger partial charge in [-0.2, -0.15) is 0 Å². The van der Waals surface area contributed by atoms with E-state index >= 15 is 0 Å². The summed E-state index contributed by atoms with van der Waals surface area (Å²) in [5.74, 6) is 1.09. The molecule has 2 nitrogen and oxygen atoms in total. The number of thioether (sulfide) groups is 1. The van der Waals surface area contributed by atoms with Crippen LogP contribution in [0.25, 0.3) is 0 Å². The molecule has 0 aliphatic carbocycles. The molecule has 0 spiro atoms. The van der Waals surface area contributed by atoms with E-state index in [0.717, 1.165) is 16.3 Å². The van der Waals surface area contributed by atoms with E-state index in [-0.39, 0.29) is 16.7 Å². The van der Waals surface area contributed by atoms with Crippen LogP contribution in [0.4, 0.5) is 5.69 Å². The smallest absolute Gasteiger partial charge is 0.238 e. The van der Waals surface area contributed by atoms with Crippen LogP contribution in [0.1, 0.15) is 13.8 Å². The second-order valence-electron chi connectivity index (χ2n) is 4.23. The van der Waals surface area contributed by atoms with E-state index in [9.17, 15) is 4.79 Å². The summed E-state index contributed by atoms with van der Waals surface area (Å²) in [4.78, 5) is 12.9. The molecule has 4 heteroatoms. The maximum absolute atomic E-state index is 12.0. The van der Waals surface area contributed by atoms with Gasteiger partial charge in [-0.15, -0.1) is 18.3 Å². The molecule has 1 aromatic rings. The van der Waals surface area contributed by atoms with E-state index in [1.54, 1.807) is 11.8 Å². The van der Waals surface area contributed by atoms with Crippen molar-refractivity contribution in [3.63, 3.8) is 0 Å². The van der Waals surface area contributed by atoms with Gasteiger partial charge in [0.1, 0.15) is 0 Å². The Morgan fingerprint density at radius 2 is 2.17 bits per heavy atom. The average Bonchev–Trinajstić information content (AvgIpc) is 2.36. The predicted molar refractivity (Wildman–Crippen MR) is 83.5 cm³/mol. The van der Waals surface area contributed by atoms with Gasteiger partial charge >= 0.3 is 0 Å². The van der Waals surface area contributed by atoms with Gasteiger partial charge in [-0.3, -0.25) is 4.79 Å². The Balaban J connectivity index is 2.77. The zero-order valence-electron chi connectivity index (χ0n) is 10.7. The molecule has 98 valence electrons. The molecule has 1 amide bonds. The van der Waals surface area contributed by atoms with Crippen LogP contribution in [0.3, 0.4) is 0 Å². The largest absolute Gasteiger partial charge is 0.324 e. The summed E-state index contributed by atoms with van der Waals surface area (Å²) in [5.41, 5.74) is 0.861. The number of hydrogen-bond acceptors (Lipinski definition) is 2. The minimum absolute atomic E-state index is 0.00310. The lowest BCUT2D eigenvalue weighted by molar-refractivity contribution is -0.116. The van der Waals surface area contributed by atoms with Crippen molar-refractivity contribution in [3.8, 4) is 0 Å². The van der Waals surface area contributed by atoms with E-state index in [0.29, 0.717) is 0 Å². The van der Waals surface area contributed by atoms with Crippen molar-refractivity contribution in [2.75, 3.05) is 11.1 Å². The molecule has 1 aromatic carbocycles. The van der Waals surface area contributed by atoms with Gasteiger partial charge in [0.2, 0.25) is 5.91 Å². The summed E-state index contributed by atoms with van der Waals surface area (Å²) in [6.07, 6.45) is 1.85. The van der Waals surface area contributed by atoms with Gasteiger partial charge in [0.05, 0.1) is 10.5 Å². The highest BCUT2D eigenvalue weighted by atomic mass is 79.9. The molecule has 18 heavy (non-hydrogen) atoms. The maximum atomic E-state index is 12.0. The van der Waals surface area contributed by atoms with Crippen LogP contribution >= 0.6 is 27.7 Å². The lowest BCUT2D eigenvalue weighted by Gasteiger charge is -2.15. The second-order valence-corrected chi connectivity index (χ2v) is 6.28. The van der Waals surface area contributed by atoms with E-state index in [1.807, 2.05) is 44.2 Å². The number of anilines is 1. The Bertz CT molecular complexity index is 420. The predicted octanol–water partition coefficient (Wildman–Crippen LogP) is 4.32. The quantitative estimate of drug-likeness (QED) is 0.479. The Hall–Kier alpha value is -0.740. The molecule has 1 rings (SSSR count). The number of nitrogens with one attached hydrogen (secondary N) is 1. The van der Waals surface area contributed by atoms with Crippen LogP contribution in [-0.2, 0) is 4.79 Å². The molecule has 0 saturated carbocycles. The standard InChI is InChI=1S/C14H18BrNOS/c1-4-9-18-12-8-6-5-7-11(12)16-14(17)13(15)10(2)3/h4-8,10,13H,1,9H2,2-3H3,(H,16,17). The van der Waals surface area contributed by atoms with Gasteiger partial charge in [-0.1, -0.05) is 48.0 Å². The first-order valence-corrected chi connectivity index (χ1v) is 7.74. The minimum atomic E-state index is -0.171. The normalized spacial score (nSPS) is 12.2.